The molecule has 0 aromatic rings. The fourth-order valence-electron chi connectivity index (χ4n) is 1.84. The van der Waals surface area contributed by atoms with Crippen LogP contribution in [0.3, 0.4) is 0 Å². The maximum absolute atomic E-state index is 5.49. The van der Waals surface area contributed by atoms with Crippen molar-refractivity contribution >= 4 is 0 Å². The molecule has 0 bridgehead atoms. The predicted octanol–water partition coefficient (Wildman–Crippen LogP) is 2.27. The first-order chi connectivity index (χ1) is 4.79. The fraction of sp³-hybridized carbons (Fsp3) is 0.778. The maximum Gasteiger partial charge on any atom is 0.105 e. The molecule has 2 unspecified atom stereocenters. The molecule has 1 nitrogen and oxygen atoms in total. The van der Waals surface area contributed by atoms with Gasteiger partial charge in [0.05, 0.1) is 6.10 Å². The number of allylic oxidation sites excluding steroid dienone is 1. The van der Waals surface area contributed by atoms with Gasteiger partial charge in [-0.1, -0.05) is 5.57 Å². The van der Waals surface area contributed by atoms with Crippen LogP contribution in [-0.2, 0) is 4.74 Å². The van der Waals surface area contributed by atoms with Crippen molar-refractivity contribution < 1.29 is 4.74 Å². The van der Waals surface area contributed by atoms with Gasteiger partial charge in [0.25, 0.3) is 0 Å². The van der Waals surface area contributed by atoms with Crippen molar-refractivity contribution in [3.63, 3.8) is 0 Å². The van der Waals surface area contributed by atoms with E-state index in [2.05, 4.69) is 13.8 Å². The van der Waals surface area contributed by atoms with E-state index < -0.39 is 0 Å². The Hall–Kier alpha value is -0.300. The second kappa shape index (κ2) is 2.09. The highest BCUT2D eigenvalue weighted by molar-refractivity contribution is 5.24. The lowest BCUT2D eigenvalue weighted by Gasteiger charge is -2.10. The standard InChI is InChI=1S/C9H14O/c1-6(2)7-4-3-5-8-9(7)10-8/h8-9H,3-5H2,1-2H3. The monoisotopic (exact) mass is 138 g/mol. The van der Waals surface area contributed by atoms with Crippen LogP contribution in [-0.4, -0.2) is 12.2 Å². The summed E-state index contributed by atoms with van der Waals surface area (Å²) in [5.74, 6) is 0. The van der Waals surface area contributed by atoms with E-state index in [1.807, 2.05) is 0 Å². The Bertz CT molecular complexity index is 177. The van der Waals surface area contributed by atoms with Gasteiger partial charge in [0.1, 0.15) is 6.10 Å². The Morgan fingerprint density at radius 1 is 1.50 bits per heavy atom. The zero-order chi connectivity index (χ0) is 7.14. The van der Waals surface area contributed by atoms with Crippen LogP contribution in [0.1, 0.15) is 33.1 Å². The smallest absolute Gasteiger partial charge is 0.105 e. The lowest BCUT2D eigenvalue weighted by atomic mass is 9.92. The quantitative estimate of drug-likeness (QED) is 0.369. The van der Waals surface area contributed by atoms with Gasteiger partial charge in [0, 0.05) is 0 Å². The third-order valence-electron chi connectivity index (χ3n) is 2.50. The van der Waals surface area contributed by atoms with Gasteiger partial charge in [0.15, 0.2) is 0 Å². The molecular weight excluding hydrogens is 124 g/mol. The van der Waals surface area contributed by atoms with Gasteiger partial charge in [-0.05, 0) is 38.7 Å². The van der Waals surface area contributed by atoms with Gasteiger partial charge in [0.2, 0.25) is 0 Å². The summed E-state index contributed by atoms with van der Waals surface area (Å²) < 4.78 is 5.49. The molecule has 10 heavy (non-hydrogen) atoms. The lowest BCUT2D eigenvalue weighted by molar-refractivity contribution is 0.384. The summed E-state index contributed by atoms with van der Waals surface area (Å²) in [4.78, 5) is 0. The second-order valence-electron chi connectivity index (χ2n) is 3.51. The van der Waals surface area contributed by atoms with Crippen molar-refractivity contribution in [2.24, 2.45) is 0 Å². The van der Waals surface area contributed by atoms with E-state index in [1.165, 1.54) is 24.8 Å². The molecule has 2 fully saturated rings. The molecule has 0 aromatic carbocycles. The molecular formula is C9H14O. The Labute approximate surface area is 62.1 Å². The van der Waals surface area contributed by atoms with Gasteiger partial charge in [-0.3, -0.25) is 0 Å². The van der Waals surface area contributed by atoms with Crippen LogP contribution in [0.4, 0.5) is 0 Å². The summed E-state index contributed by atoms with van der Waals surface area (Å²) in [6.07, 6.45) is 5.06. The molecule has 1 heterocycles. The van der Waals surface area contributed by atoms with Crippen molar-refractivity contribution in [3.05, 3.63) is 11.1 Å². The molecule has 0 spiro atoms. The summed E-state index contributed by atoms with van der Waals surface area (Å²) >= 11 is 0. The molecule has 56 valence electrons. The largest absolute Gasteiger partial charge is 0.365 e. The van der Waals surface area contributed by atoms with Crippen molar-refractivity contribution in [3.8, 4) is 0 Å². The highest BCUT2D eigenvalue weighted by Crippen LogP contribution is 2.41. The third kappa shape index (κ3) is 0.891. The molecule has 0 N–H and O–H groups in total. The van der Waals surface area contributed by atoms with E-state index in [1.54, 1.807) is 5.57 Å². The Kier molecular flexibility index (Phi) is 1.34. The first-order valence-corrected chi connectivity index (χ1v) is 4.11. The van der Waals surface area contributed by atoms with Crippen LogP contribution in [0.2, 0.25) is 0 Å². The minimum atomic E-state index is 0.541. The molecule has 0 radical (unpaired) electrons. The van der Waals surface area contributed by atoms with Crippen molar-refractivity contribution in [2.45, 2.75) is 45.3 Å². The number of hydrogen-bond donors (Lipinski definition) is 0. The second-order valence-corrected chi connectivity index (χ2v) is 3.51. The van der Waals surface area contributed by atoms with Gasteiger partial charge in [-0.2, -0.15) is 0 Å². The van der Waals surface area contributed by atoms with Crippen molar-refractivity contribution in [1.29, 1.82) is 0 Å². The minimum absolute atomic E-state index is 0.541. The van der Waals surface area contributed by atoms with E-state index in [4.69, 9.17) is 4.74 Å². The van der Waals surface area contributed by atoms with Crippen LogP contribution >= 0.6 is 0 Å². The average Bonchev–Trinajstić information content (AvgIpc) is 2.63. The normalized spacial score (nSPS) is 37.2. The summed E-state index contributed by atoms with van der Waals surface area (Å²) in [5.41, 5.74) is 3.06. The van der Waals surface area contributed by atoms with Crippen LogP contribution in [0.5, 0.6) is 0 Å². The van der Waals surface area contributed by atoms with Gasteiger partial charge < -0.3 is 4.74 Å². The van der Waals surface area contributed by atoms with Gasteiger partial charge in [-0.15, -0.1) is 0 Å². The van der Waals surface area contributed by atoms with Gasteiger partial charge >= 0.3 is 0 Å². The molecule has 1 aliphatic heterocycles. The van der Waals surface area contributed by atoms with E-state index in [-0.39, 0.29) is 0 Å². The third-order valence-corrected chi connectivity index (χ3v) is 2.50. The van der Waals surface area contributed by atoms with Crippen LogP contribution in [0.25, 0.3) is 0 Å². The first kappa shape index (κ1) is 6.41. The van der Waals surface area contributed by atoms with E-state index in [9.17, 15) is 0 Å². The fourth-order valence-corrected chi connectivity index (χ4v) is 1.84. The van der Waals surface area contributed by atoms with Crippen molar-refractivity contribution in [1.82, 2.24) is 0 Å². The zero-order valence-corrected chi connectivity index (χ0v) is 6.68. The number of ether oxygens (including phenoxy) is 1. The molecule has 1 saturated carbocycles. The SMILES string of the molecule is CC(C)=C1CCCC2OC12. The Morgan fingerprint density at radius 3 is 2.90 bits per heavy atom. The first-order valence-electron chi connectivity index (χ1n) is 4.11. The highest BCUT2D eigenvalue weighted by atomic mass is 16.6. The van der Waals surface area contributed by atoms with Crippen LogP contribution in [0, 0.1) is 0 Å². The Morgan fingerprint density at radius 2 is 2.30 bits per heavy atom. The van der Waals surface area contributed by atoms with E-state index >= 15 is 0 Å². The summed E-state index contributed by atoms with van der Waals surface area (Å²) in [6, 6.07) is 0. The highest BCUT2D eigenvalue weighted by Gasteiger charge is 2.43. The van der Waals surface area contributed by atoms with Crippen LogP contribution < -0.4 is 0 Å². The maximum atomic E-state index is 5.49. The average molecular weight is 138 g/mol. The summed E-state index contributed by atoms with van der Waals surface area (Å²) in [7, 11) is 0. The van der Waals surface area contributed by atoms with Gasteiger partial charge in [-0.25, -0.2) is 0 Å². The number of hydrogen-bond acceptors (Lipinski definition) is 1. The molecule has 1 saturated heterocycles. The topological polar surface area (TPSA) is 12.5 Å². The molecule has 1 heteroatoms. The molecule has 2 aliphatic rings. The van der Waals surface area contributed by atoms with Crippen molar-refractivity contribution in [2.75, 3.05) is 0 Å². The lowest BCUT2D eigenvalue weighted by Crippen LogP contribution is -2.06. The molecule has 1 aliphatic carbocycles. The number of rotatable bonds is 0. The van der Waals surface area contributed by atoms with E-state index in [0.717, 1.165) is 0 Å². The van der Waals surface area contributed by atoms with Crippen LogP contribution in [0.15, 0.2) is 11.1 Å². The van der Waals surface area contributed by atoms with E-state index in [0.29, 0.717) is 12.2 Å². The number of fused-ring (bicyclic) bond motifs is 1. The molecule has 2 rings (SSSR count). The molecule has 0 amide bonds. The summed E-state index contributed by atoms with van der Waals surface area (Å²) in [6.45, 7) is 4.39. The Balaban J connectivity index is 2.16. The molecule has 2 atom stereocenters. The summed E-state index contributed by atoms with van der Waals surface area (Å²) in [5, 5.41) is 0. The molecule has 0 aromatic heterocycles. The zero-order valence-electron chi connectivity index (χ0n) is 6.68. The number of epoxide rings is 1. The predicted molar refractivity (Wildman–Crippen MR) is 40.9 cm³/mol. The minimum Gasteiger partial charge on any atom is -0.365 e.